The van der Waals surface area contributed by atoms with Crippen LogP contribution in [0.2, 0.25) is 0 Å². The first kappa shape index (κ1) is 13.9. The first-order valence-corrected chi connectivity index (χ1v) is 6.67. The van der Waals surface area contributed by atoms with Crippen LogP contribution in [0.15, 0.2) is 0 Å². The summed E-state index contributed by atoms with van der Waals surface area (Å²) in [5.74, 6) is 0. The summed E-state index contributed by atoms with van der Waals surface area (Å²) in [7, 11) is 2.05. The Morgan fingerprint density at radius 2 is 1.94 bits per heavy atom. The molecule has 3 nitrogen and oxygen atoms in total. The SMILES string of the molecule is CCN(CC)C1CCN(CC(C)(C)NC)C1. The fourth-order valence-electron chi connectivity index (χ4n) is 2.63. The van der Waals surface area contributed by atoms with Crippen molar-refractivity contribution >= 4 is 0 Å². The molecule has 0 aromatic heterocycles. The molecule has 0 spiro atoms. The molecule has 1 N–H and O–H groups in total. The van der Waals surface area contributed by atoms with Gasteiger partial charge >= 0.3 is 0 Å². The Bertz CT molecular complexity index is 199. The molecule has 1 heterocycles. The lowest BCUT2D eigenvalue weighted by molar-refractivity contribution is 0.193. The molecule has 96 valence electrons. The Hall–Kier alpha value is -0.120. The molecule has 3 heteroatoms. The minimum Gasteiger partial charge on any atom is -0.314 e. The molecule has 0 aromatic carbocycles. The van der Waals surface area contributed by atoms with Gasteiger partial charge < -0.3 is 5.32 Å². The third-order valence-corrected chi connectivity index (χ3v) is 3.87. The molecule has 16 heavy (non-hydrogen) atoms. The highest BCUT2D eigenvalue weighted by Gasteiger charge is 2.29. The van der Waals surface area contributed by atoms with Crippen molar-refractivity contribution in [1.29, 1.82) is 0 Å². The number of rotatable bonds is 6. The summed E-state index contributed by atoms with van der Waals surface area (Å²) in [4.78, 5) is 5.19. The van der Waals surface area contributed by atoms with Crippen molar-refractivity contribution < 1.29 is 0 Å². The maximum Gasteiger partial charge on any atom is 0.0249 e. The summed E-state index contributed by atoms with van der Waals surface area (Å²) >= 11 is 0. The number of hydrogen-bond donors (Lipinski definition) is 1. The first-order valence-electron chi connectivity index (χ1n) is 6.67. The van der Waals surface area contributed by atoms with Crippen LogP contribution >= 0.6 is 0 Å². The Labute approximate surface area is 101 Å². The summed E-state index contributed by atoms with van der Waals surface area (Å²) in [5.41, 5.74) is 0.234. The lowest BCUT2D eigenvalue weighted by Crippen LogP contribution is -2.47. The van der Waals surface area contributed by atoms with Gasteiger partial charge in [-0.25, -0.2) is 0 Å². The van der Waals surface area contributed by atoms with Crippen LogP contribution in [0.3, 0.4) is 0 Å². The third-order valence-electron chi connectivity index (χ3n) is 3.87. The van der Waals surface area contributed by atoms with E-state index in [0.29, 0.717) is 0 Å². The van der Waals surface area contributed by atoms with Gasteiger partial charge in [0.25, 0.3) is 0 Å². The quantitative estimate of drug-likeness (QED) is 0.740. The largest absolute Gasteiger partial charge is 0.314 e. The fourth-order valence-corrected chi connectivity index (χ4v) is 2.63. The normalized spacial score (nSPS) is 23.2. The Balaban J connectivity index is 2.40. The molecule has 0 bridgehead atoms. The Morgan fingerprint density at radius 3 is 2.44 bits per heavy atom. The zero-order valence-electron chi connectivity index (χ0n) is 11.7. The van der Waals surface area contributed by atoms with Gasteiger partial charge in [-0.2, -0.15) is 0 Å². The van der Waals surface area contributed by atoms with Crippen molar-refractivity contribution in [1.82, 2.24) is 15.1 Å². The minimum absolute atomic E-state index is 0.234. The molecule has 0 aromatic rings. The lowest BCUT2D eigenvalue weighted by Gasteiger charge is -2.31. The molecule has 0 radical (unpaired) electrons. The van der Waals surface area contributed by atoms with Crippen molar-refractivity contribution in [2.45, 2.75) is 45.7 Å². The second-order valence-electron chi connectivity index (χ2n) is 5.53. The van der Waals surface area contributed by atoms with Gasteiger partial charge in [0, 0.05) is 24.7 Å². The predicted molar refractivity (Wildman–Crippen MR) is 70.9 cm³/mol. The van der Waals surface area contributed by atoms with Crippen LogP contribution in [0.4, 0.5) is 0 Å². The number of nitrogens with one attached hydrogen (secondary N) is 1. The highest BCUT2D eigenvalue weighted by Crippen LogP contribution is 2.17. The van der Waals surface area contributed by atoms with E-state index in [0.717, 1.165) is 12.6 Å². The number of hydrogen-bond acceptors (Lipinski definition) is 3. The highest BCUT2D eigenvalue weighted by atomic mass is 15.3. The van der Waals surface area contributed by atoms with E-state index in [1.807, 2.05) is 0 Å². The fraction of sp³-hybridized carbons (Fsp3) is 1.00. The maximum absolute atomic E-state index is 3.38. The maximum atomic E-state index is 3.38. The van der Waals surface area contributed by atoms with Crippen molar-refractivity contribution in [2.75, 3.05) is 39.8 Å². The molecule has 0 amide bonds. The van der Waals surface area contributed by atoms with E-state index in [-0.39, 0.29) is 5.54 Å². The zero-order valence-corrected chi connectivity index (χ0v) is 11.7. The summed E-state index contributed by atoms with van der Waals surface area (Å²) in [6.45, 7) is 15.1. The van der Waals surface area contributed by atoms with Crippen LogP contribution in [-0.4, -0.2) is 61.2 Å². The van der Waals surface area contributed by atoms with Crippen LogP contribution in [0.1, 0.15) is 34.1 Å². The molecule has 1 aliphatic rings. The average molecular weight is 227 g/mol. The standard InChI is InChI=1S/C13H29N3/c1-6-16(7-2)12-8-9-15(10-12)11-13(3,4)14-5/h12,14H,6-11H2,1-5H3. The van der Waals surface area contributed by atoms with Crippen molar-refractivity contribution in [2.24, 2.45) is 0 Å². The van der Waals surface area contributed by atoms with Gasteiger partial charge in [0.1, 0.15) is 0 Å². The monoisotopic (exact) mass is 227 g/mol. The van der Waals surface area contributed by atoms with E-state index in [1.165, 1.54) is 32.6 Å². The van der Waals surface area contributed by atoms with Gasteiger partial charge in [-0.15, -0.1) is 0 Å². The minimum atomic E-state index is 0.234. The Kier molecular flexibility index (Phi) is 5.22. The summed E-state index contributed by atoms with van der Waals surface area (Å²) in [6, 6.07) is 0.780. The van der Waals surface area contributed by atoms with Crippen LogP contribution in [0.5, 0.6) is 0 Å². The molecule has 0 saturated carbocycles. The van der Waals surface area contributed by atoms with Crippen LogP contribution in [0.25, 0.3) is 0 Å². The molecular formula is C13H29N3. The van der Waals surface area contributed by atoms with Crippen LogP contribution in [-0.2, 0) is 0 Å². The number of likely N-dealkylation sites (tertiary alicyclic amines) is 1. The van der Waals surface area contributed by atoms with Gasteiger partial charge in [-0.05, 0) is 47.0 Å². The van der Waals surface area contributed by atoms with Gasteiger partial charge in [-0.3, -0.25) is 9.80 Å². The third kappa shape index (κ3) is 3.72. The van der Waals surface area contributed by atoms with Crippen LogP contribution < -0.4 is 5.32 Å². The van der Waals surface area contributed by atoms with Gasteiger partial charge in [0.05, 0.1) is 0 Å². The second-order valence-corrected chi connectivity index (χ2v) is 5.53. The smallest absolute Gasteiger partial charge is 0.0249 e. The van der Waals surface area contributed by atoms with Crippen molar-refractivity contribution in [3.63, 3.8) is 0 Å². The van der Waals surface area contributed by atoms with Gasteiger partial charge in [-0.1, -0.05) is 13.8 Å². The summed E-state index contributed by atoms with van der Waals surface area (Å²) in [5, 5.41) is 3.38. The van der Waals surface area contributed by atoms with E-state index in [1.54, 1.807) is 0 Å². The molecule has 1 rings (SSSR count). The van der Waals surface area contributed by atoms with E-state index in [2.05, 4.69) is 49.9 Å². The molecule has 1 atom stereocenters. The first-order chi connectivity index (χ1) is 7.52. The van der Waals surface area contributed by atoms with Gasteiger partial charge in [0.15, 0.2) is 0 Å². The average Bonchev–Trinajstić information content (AvgIpc) is 2.68. The number of nitrogens with zero attached hydrogens (tertiary/aromatic N) is 2. The lowest BCUT2D eigenvalue weighted by atomic mass is 10.1. The van der Waals surface area contributed by atoms with Crippen molar-refractivity contribution in [3.05, 3.63) is 0 Å². The van der Waals surface area contributed by atoms with E-state index >= 15 is 0 Å². The topological polar surface area (TPSA) is 18.5 Å². The highest BCUT2D eigenvalue weighted by molar-refractivity contribution is 4.88. The summed E-state index contributed by atoms with van der Waals surface area (Å²) in [6.07, 6.45) is 1.33. The summed E-state index contributed by atoms with van der Waals surface area (Å²) < 4.78 is 0. The molecule has 1 fully saturated rings. The van der Waals surface area contributed by atoms with E-state index in [9.17, 15) is 0 Å². The molecule has 1 aliphatic heterocycles. The molecule has 0 aliphatic carbocycles. The number of likely N-dealkylation sites (N-methyl/N-ethyl adjacent to an activating group) is 2. The second kappa shape index (κ2) is 5.99. The molecular weight excluding hydrogens is 198 g/mol. The molecule has 1 saturated heterocycles. The molecule has 1 unspecified atom stereocenters. The zero-order chi connectivity index (χ0) is 12.2. The Morgan fingerprint density at radius 1 is 1.31 bits per heavy atom. The van der Waals surface area contributed by atoms with Gasteiger partial charge in [0.2, 0.25) is 0 Å². The van der Waals surface area contributed by atoms with E-state index in [4.69, 9.17) is 0 Å². The van der Waals surface area contributed by atoms with Crippen molar-refractivity contribution in [3.8, 4) is 0 Å². The van der Waals surface area contributed by atoms with Crippen LogP contribution in [0, 0.1) is 0 Å². The van der Waals surface area contributed by atoms with E-state index < -0.39 is 0 Å². The predicted octanol–water partition coefficient (Wildman–Crippen LogP) is 1.40.